The fourth-order valence-corrected chi connectivity index (χ4v) is 3.68. The second-order valence-corrected chi connectivity index (χ2v) is 7.73. The quantitative estimate of drug-likeness (QED) is 0.270. The molecule has 0 aliphatic rings. The lowest BCUT2D eigenvalue weighted by Crippen LogP contribution is -2.13. The summed E-state index contributed by atoms with van der Waals surface area (Å²) < 4.78 is 0. The predicted molar refractivity (Wildman–Crippen MR) is 128 cm³/mol. The minimum atomic E-state index is -0.540. The number of hydrogen-bond donors (Lipinski definition) is 4. The van der Waals surface area contributed by atoms with E-state index in [9.17, 15) is 9.59 Å². The van der Waals surface area contributed by atoms with Crippen molar-refractivity contribution in [3.63, 3.8) is 0 Å². The first-order valence-electron chi connectivity index (χ1n) is 9.46. The molecule has 0 atom stereocenters. The number of aldehydes is 1. The lowest BCUT2D eigenvalue weighted by atomic mass is 10.1. The van der Waals surface area contributed by atoms with Gasteiger partial charge >= 0.3 is 0 Å². The third-order valence-corrected chi connectivity index (χ3v) is 5.52. The Bertz CT molecular complexity index is 1240. The van der Waals surface area contributed by atoms with Gasteiger partial charge in [-0.2, -0.15) is 0 Å². The summed E-state index contributed by atoms with van der Waals surface area (Å²) in [5.41, 5.74) is 14.3. The maximum Gasteiger partial charge on any atom is 0.270 e. The Morgan fingerprint density at radius 2 is 1.81 bits per heavy atom. The molecule has 4 rings (SSSR count). The first-order valence-corrected chi connectivity index (χ1v) is 10.3. The summed E-state index contributed by atoms with van der Waals surface area (Å²) in [6, 6.07) is 19.4. The van der Waals surface area contributed by atoms with Crippen LogP contribution in [0.2, 0.25) is 0 Å². The van der Waals surface area contributed by atoms with Crippen molar-refractivity contribution < 1.29 is 9.59 Å². The van der Waals surface area contributed by atoms with Gasteiger partial charge in [-0.3, -0.25) is 9.59 Å². The molecule has 1 aromatic heterocycles. The molecule has 0 unspecified atom stereocenters. The number of hydrogen-bond acceptors (Lipinski definition) is 7. The minimum absolute atomic E-state index is 0.255. The van der Waals surface area contributed by atoms with Gasteiger partial charge in [0.1, 0.15) is 11.3 Å². The zero-order valence-corrected chi connectivity index (χ0v) is 18.0. The predicted octanol–water partition coefficient (Wildman–Crippen LogP) is 4.57. The molecule has 31 heavy (non-hydrogen) atoms. The van der Waals surface area contributed by atoms with Crippen LogP contribution >= 0.6 is 11.3 Å². The fourth-order valence-electron chi connectivity index (χ4n) is 2.83. The summed E-state index contributed by atoms with van der Waals surface area (Å²) in [6.45, 7) is 1.91. The number of thiazole rings is 1. The van der Waals surface area contributed by atoms with E-state index in [-0.39, 0.29) is 5.69 Å². The number of benzene rings is 3. The molecule has 0 fully saturated rings. The van der Waals surface area contributed by atoms with Crippen LogP contribution in [-0.2, 0) is 0 Å². The third-order valence-electron chi connectivity index (χ3n) is 4.53. The van der Waals surface area contributed by atoms with E-state index >= 15 is 0 Å². The van der Waals surface area contributed by atoms with E-state index in [0.717, 1.165) is 22.9 Å². The number of nitrogens with one attached hydrogen (secondary N) is 2. The molecule has 4 aromatic rings. The monoisotopic (exact) mass is 433 g/mol. The number of aromatic nitrogens is 1. The van der Waals surface area contributed by atoms with Crippen LogP contribution in [0.15, 0.2) is 60.7 Å². The maximum absolute atomic E-state index is 11.3. The average molecular weight is 434 g/mol. The highest BCUT2D eigenvalue weighted by Gasteiger charge is 2.14. The molecule has 1 amide bonds. The van der Waals surface area contributed by atoms with Crippen LogP contribution in [0.1, 0.15) is 26.4 Å². The van der Waals surface area contributed by atoms with Crippen molar-refractivity contribution >= 4 is 55.8 Å². The number of fused-ring (bicyclic) bond motifs is 1. The lowest BCUT2D eigenvalue weighted by molar-refractivity contribution is 0.0996. The molecule has 7 nitrogen and oxygen atoms in total. The Morgan fingerprint density at radius 3 is 2.42 bits per heavy atom. The Labute approximate surface area is 184 Å². The zero-order chi connectivity index (χ0) is 22.4. The molecule has 0 aliphatic carbocycles. The number of carbonyl (C=O) groups is 2. The van der Waals surface area contributed by atoms with E-state index in [2.05, 4.69) is 27.8 Å². The van der Waals surface area contributed by atoms with Crippen molar-refractivity contribution in [1.29, 1.82) is 0 Å². The lowest BCUT2D eigenvalue weighted by Gasteiger charge is -2.04. The molecule has 0 bridgehead atoms. The molecule has 1 heterocycles. The van der Waals surface area contributed by atoms with Crippen molar-refractivity contribution in [2.45, 2.75) is 6.92 Å². The smallest absolute Gasteiger partial charge is 0.270 e. The molecule has 0 saturated heterocycles. The highest BCUT2D eigenvalue weighted by Crippen LogP contribution is 2.30. The fraction of sp³-hybridized carbons (Fsp3) is 0.0870. The number of primary amides is 1. The first-order chi connectivity index (χ1) is 14.9. The molecule has 158 valence electrons. The van der Waals surface area contributed by atoms with Crippen molar-refractivity contribution in [3.8, 4) is 0 Å². The van der Waals surface area contributed by atoms with Crippen LogP contribution in [0.4, 0.5) is 21.5 Å². The molecular weight excluding hydrogens is 410 g/mol. The second kappa shape index (κ2) is 9.73. The highest BCUT2D eigenvalue weighted by molar-refractivity contribution is 7.19. The van der Waals surface area contributed by atoms with Gasteiger partial charge in [-0.15, -0.1) is 0 Å². The van der Waals surface area contributed by atoms with Crippen LogP contribution in [0.3, 0.4) is 0 Å². The number of nitrogen functional groups attached to an aromatic ring is 1. The van der Waals surface area contributed by atoms with Crippen LogP contribution in [0.5, 0.6) is 0 Å². The SMILES string of the molecule is CNc1sc(Nc2ccc3ccccc3c2)nc1C(N)=O.Cc1ccc(C=O)cc1N. The third kappa shape index (κ3) is 5.37. The van der Waals surface area contributed by atoms with Crippen molar-refractivity contribution in [2.24, 2.45) is 5.73 Å². The van der Waals surface area contributed by atoms with E-state index in [1.807, 2.05) is 43.3 Å². The summed E-state index contributed by atoms with van der Waals surface area (Å²) in [4.78, 5) is 25.8. The van der Waals surface area contributed by atoms with Crippen molar-refractivity contribution in [3.05, 3.63) is 77.5 Å². The number of anilines is 4. The first kappa shape index (κ1) is 21.8. The van der Waals surface area contributed by atoms with Gasteiger partial charge in [-0.1, -0.05) is 53.8 Å². The molecular formula is C23H23N5O2S. The number of nitrogens with two attached hydrogens (primary N) is 2. The van der Waals surface area contributed by atoms with E-state index in [1.54, 1.807) is 19.2 Å². The summed E-state index contributed by atoms with van der Waals surface area (Å²) in [6.07, 6.45) is 0.787. The van der Waals surface area contributed by atoms with Gasteiger partial charge in [-0.25, -0.2) is 4.98 Å². The number of rotatable bonds is 5. The molecule has 0 radical (unpaired) electrons. The maximum atomic E-state index is 11.3. The van der Waals surface area contributed by atoms with E-state index in [1.165, 1.54) is 16.7 Å². The van der Waals surface area contributed by atoms with Gasteiger partial charge in [0.05, 0.1) is 0 Å². The van der Waals surface area contributed by atoms with Gasteiger partial charge in [0.15, 0.2) is 10.8 Å². The van der Waals surface area contributed by atoms with Crippen molar-refractivity contribution in [1.82, 2.24) is 4.98 Å². The number of nitrogens with zero attached hydrogens (tertiary/aromatic N) is 1. The zero-order valence-electron chi connectivity index (χ0n) is 17.2. The van der Waals surface area contributed by atoms with Gasteiger partial charge < -0.3 is 22.1 Å². The van der Waals surface area contributed by atoms with Gasteiger partial charge in [-0.05, 0) is 41.5 Å². The minimum Gasteiger partial charge on any atom is -0.398 e. The standard InChI is InChI=1S/C15H14N4OS.C8H9NO/c1-17-14-12(13(16)20)19-15(21-14)18-11-7-6-9-4-2-3-5-10(9)8-11;1-6-2-3-7(5-10)4-8(6)9/h2-8,17H,1H3,(H2,16,20)(H,18,19);2-5H,9H2,1H3. The highest BCUT2D eigenvalue weighted by atomic mass is 32.1. The van der Waals surface area contributed by atoms with Crippen LogP contribution in [0.25, 0.3) is 10.8 Å². The Kier molecular flexibility index (Phi) is 6.84. The summed E-state index contributed by atoms with van der Waals surface area (Å²) >= 11 is 1.35. The van der Waals surface area contributed by atoms with Gasteiger partial charge in [0, 0.05) is 24.0 Å². The van der Waals surface area contributed by atoms with Crippen LogP contribution in [-0.4, -0.2) is 24.2 Å². The normalized spacial score (nSPS) is 10.1. The Balaban J connectivity index is 0.000000229. The van der Waals surface area contributed by atoms with Gasteiger partial charge in [0.25, 0.3) is 5.91 Å². The van der Waals surface area contributed by atoms with E-state index in [4.69, 9.17) is 11.5 Å². The second-order valence-electron chi connectivity index (χ2n) is 6.73. The molecule has 8 heteroatoms. The molecule has 0 aliphatic heterocycles. The molecule has 0 spiro atoms. The van der Waals surface area contributed by atoms with Crippen molar-refractivity contribution in [2.75, 3.05) is 23.4 Å². The number of carbonyl (C=O) groups excluding carboxylic acids is 2. The summed E-state index contributed by atoms with van der Waals surface area (Å²) in [7, 11) is 1.74. The molecule has 6 N–H and O–H groups in total. The Hall–Kier alpha value is -3.91. The summed E-state index contributed by atoms with van der Waals surface area (Å²) in [5, 5.41) is 9.74. The van der Waals surface area contributed by atoms with Crippen LogP contribution < -0.4 is 22.1 Å². The number of amides is 1. The molecule has 0 saturated carbocycles. The Morgan fingerprint density at radius 1 is 1.06 bits per heavy atom. The topological polar surface area (TPSA) is 123 Å². The molecule has 3 aromatic carbocycles. The largest absolute Gasteiger partial charge is 0.398 e. The van der Waals surface area contributed by atoms with E-state index < -0.39 is 5.91 Å². The number of aryl methyl sites for hydroxylation is 1. The van der Waals surface area contributed by atoms with Crippen LogP contribution in [0, 0.1) is 6.92 Å². The van der Waals surface area contributed by atoms with E-state index in [0.29, 0.717) is 21.4 Å². The average Bonchev–Trinajstić information content (AvgIpc) is 3.19. The van der Waals surface area contributed by atoms with Gasteiger partial charge in [0.2, 0.25) is 0 Å². The summed E-state index contributed by atoms with van der Waals surface area (Å²) in [5.74, 6) is -0.540.